The maximum Gasteiger partial charge on any atom is 1.00 e. The summed E-state index contributed by atoms with van der Waals surface area (Å²) in [5.41, 5.74) is -2.15. The van der Waals surface area contributed by atoms with Gasteiger partial charge >= 0.3 is 51.4 Å². The summed E-state index contributed by atoms with van der Waals surface area (Å²) >= 11 is 0. The van der Waals surface area contributed by atoms with E-state index in [0.717, 1.165) is 6.08 Å². The average molecular weight is 207 g/mol. The van der Waals surface area contributed by atoms with E-state index in [-0.39, 0.29) is 52.8 Å². The van der Waals surface area contributed by atoms with Crippen LogP contribution in [0, 0.1) is 5.92 Å². The van der Waals surface area contributed by atoms with Gasteiger partial charge in [-0.15, -0.1) is 0 Å². The first-order chi connectivity index (χ1) is 5.64. The second-order valence-corrected chi connectivity index (χ2v) is 2.81. The van der Waals surface area contributed by atoms with Crippen LogP contribution in [0.1, 0.15) is 1.43 Å². The average Bonchev–Trinajstić information content (AvgIpc) is 2.25. The maximum atomic E-state index is 13.6. The number of alkyl halides is 1. The Labute approximate surface area is 118 Å². The fourth-order valence-electron chi connectivity index (χ4n) is 1.40. The molecule has 1 N–H and O–H groups in total. The van der Waals surface area contributed by atoms with Crippen molar-refractivity contribution in [1.29, 1.82) is 0 Å². The van der Waals surface area contributed by atoms with Gasteiger partial charge in [-0.25, -0.2) is 4.39 Å². The molecule has 2 atom stereocenters. The minimum Gasteiger partial charge on any atom is -1.00 e. The topological polar surface area (TPSA) is 46.2 Å². The van der Waals surface area contributed by atoms with Crippen LogP contribution in [0.25, 0.3) is 0 Å². The van der Waals surface area contributed by atoms with Gasteiger partial charge in [-0.05, 0) is 6.08 Å². The van der Waals surface area contributed by atoms with Gasteiger partial charge in [0.25, 0.3) is 5.91 Å². The van der Waals surface area contributed by atoms with Crippen LogP contribution < -0.4 is 56.7 Å². The molecular weight excluding hydrogens is 200 g/mol. The number of carbonyl (C=O) groups is 2. The second-order valence-electron chi connectivity index (χ2n) is 2.81. The Balaban J connectivity index is 0.000000845. The van der Waals surface area contributed by atoms with Crippen LogP contribution in [0.3, 0.4) is 0 Å². The molecule has 5 heteroatoms. The zero-order valence-electron chi connectivity index (χ0n) is 8.08. The van der Waals surface area contributed by atoms with Crippen molar-refractivity contribution < 1.29 is 66.8 Å². The summed E-state index contributed by atoms with van der Waals surface area (Å²) in [5.74, 6) is -2.41. The molecule has 1 heterocycles. The van der Waals surface area contributed by atoms with Crippen LogP contribution >= 0.6 is 0 Å². The molecule has 0 bridgehead atoms. The quantitative estimate of drug-likeness (QED) is 0.345. The van der Waals surface area contributed by atoms with Crippen molar-refractivity contribution in [3.63, 3.8) is 0 Å². The van der Waals surface area contributed by atoms with Crippen molar-refractivity contribution in [3.05, 3.63) is 24.3 Å². The van der Waals surface area contributed by atoms with E-state index >= 15 is 0 Å². The first-order valence-corrected chi connectivity index (χ1v) is 3.55. The van der Waals surface area contributed by atoms with Gasteiger partial charge in [-0.2, -0.15) is 0 Å². The molecule has 0 radical (unpaired) electrons. The smallest absolute Gasteiger partial charge is 1.00 e. The molecule has 2 aliphatic rings. The third-order valence-corrected chi connectivity index (χ3v) is 2.07. The Morgan fingerprint density at radius 2 is 2.15 bits per heavy atom. The second kappa shape index (κ2) is 3.74. The maximum absolute atomic E-state index is 13.6. The molecule has 1 saturated heterocycles. The third-order valence-electron chi connectivity index (χ3n) is 2.07. The predicted molar refractivity (Wildman–Crippen MR) is 39.9 cm³/mol. The summed E-state index contributed by atoms with van der Waals surface area (Å²) in [7, 11) is 0. The van der Waals surface area contributed by atoms with Gasteiger partial charge in [0, 0.05) is 0 Å². The number of halogens is 1. The van der Waals surface area contributed by atoms with Crippen LogP contribution in [-0.2, 0) is 9.59 Å². The van der Waals surface area contributed by atoms with Gasteiger partial charge in [0.05, 0.1) is 0 Å². The monoisotopic (exact) mass is 207 g/mol. The molecule has 0 saturated carbocycles. The van der Waals surface area contributed by atoms with Crippen LogP contribution in [-0.4, -0.2) is 17.5 Å². The number of amides is 2. The Hall–Kier alpha value is 0.186. The molecule has 0 spiro atoms. The minimum absolute atomic E-state index is 0. The molecule has 2 unspecified atom stereocenters. The zero-order chi connectivity index (χ0) is 8.77. The summed E-state index contributed by atoms with van der Waals surface area (Å²) in [6.45, 7) is 0. The fraction of sp³-hybridized carbons (Fsp3) is 0.250. The van der Waals surface area contributed by atoms with Crippen molar-refractivity contribution in [2.45, 2.75) is 5.67 Å². The molecule has 3 nitrogen and oxygen atoms in total. The number of carbonyl (C=O) groups excluding carboxylic acids is 2. The van der Waals surface area contributed by atoms with E-state index in [4.69, 9.17) is 0 Å². The number of nitrogens with one attached hydrogen (secondary N) is 1. The first kappa shape index (κ1) is 11.3. The van der Waals surface area contributed by atoms with Gasteiger partial charge in [0.15, 0.2) is 0 Å². The Morgan fingerprint density at radius 3 is 2.77 bits per heavy atom. The van der Waals surface area contributed by atoms with Crippen LogP contribution in [0.4, 0.5) is 4.39 Å². The van der Waals surface area contributed by atoms with Crippen LogP contribution in [0.5, 0.6) is 0 Å². The first-order valence-electron chi connectivity index (χ1n) is 3.55. The van der Waals surface area contributed by atoms with Crippen molar-refractivity contribution >= 4 is 11.8 Å². The molecule has 0 aromatic rings. The van der Waals surface area contributed by atoms with Gasteiger partial charge in [0.1, 0.15) is 5.92 Å². The number of fused-ring (bicyclic) bond motifs is 1. The normalized spacial score (nSPS) is 35.3. The Morgan fingerprint density at radius 1 is 1.46 bits per heavy atom. The molecule has 64 valence electrons. The summed E-state index contributed by atoms with van der Waals surface area (Å²) in [4.78, 5) is 21.9. The molecule has 2 rings (SSSR count). The van der Waals surface area contributed by atoms with E-state index in [1.54, 1.807) is 6.08 Å². The van der Waals surface area contributed by atoms with Crippen molar-refractivity contribution in [2.75, 3.05) is 0 Å². The zero-order valence-corrected chi connectivity index (χ0v) is 10.2. The summed E-state index contributed by atoms with van der Waals surface area (Å²) < 4.78 is 13.6. The summed E-state index contributed by atoms with van der Waals surface area (Å²) in [6, 6.07) is 0. The van der Waals surface area contributed by atoms with E-state index in [1.807, 2.05) is 5.32 Å². The number of hydrogen-bond acceptors (Lipinski definition) is 2. The fourth-order valence-corrected chi connectivity index (χ4v) is 1.40. The van der Waals surface area contributed by atoms with E-state index < -0.39 is 23.4 Å². The van der Waals surface area contributed by atoms with Gasteiger partial charge in [-0.3, -0.25) is 14.9 Å². The molecule has 0 aromatic carbocycles. The molecular formula is C8H7FKNO2. The minimum atomic E-state index is -2.15. The summed E-state index contributed by atoms with van der Waals surface area (Å²) in [6.07, 6.45) is 5.48. The van der Waals surface area contributed by atoms with Gasteiger partial charge < -0.3 is 1.43 Å². The number of imide groups is 1. The van der Waals surface area contributed by atoms with E-state index in [2.05, 4.69) is 0 Å². The standard InChI is InChI=1S/C8H6FNO2.K.H/c9-8-4-2-1-3-5(8)6(11)10-7(8)12;;/h1-5H,(H,10,11,12);;/q;+1;-1. The molecule has 2 amide bonds. The third kappa shape index (κ3) is 1.59. The van der Waals surface area contributed by atoms with Crippen LogP contribution in [0.2, 0.25) is 0 Å². The van der Waals surface area contributed by atoms with Crippen molar-refractivity contribution in [3.8, 4) is 0 Å². The molecule has 13 heavy (non-hydrogen) atoms. The number of rotatable bonds is 0. The van der Waals surface area contributed by atoms with Crippen LogP contribution in [0.15, 0.2) is 24.3 Å². The summed E-state index contributed by atoms with van der Waals surface area (Å²) in [5, 5.41) is 1.94. The number of hydrogen-bond donors (Lipinski definition) is 1. The molecule has 1 aliphatic heterocycles. The van der Waals surface area contributed by atoms with Gasteiger partial charge in [0.2, 0.25) is 11.6 Å². The van der Waals surface area contributed by atoms with Crippen molar-refractivity contribution in [2.24, 2.45) is 5.92 Å². The van der Waals surface area contributed by atoms with E-state index in [1.165, 1.54) is 12.2 Å². The molecule has 1 aliphatic carbocycles. The molecule has 0 aromatic heterocycles. The molecule has 1 fully saturated rings. The van der Waals surface area contributed by atoms with Crippen molar-refractivity contribution in [1.82, 2.24) is 5.32 Å². The largest absolute Gasteiger partial charge is 1.00 e. The van der Waals surface area contributed by atoms with Gasteiger partial charge in [-0.1, -0.05) is 18.2 Å². The van der Waals surface area contributed by atoms with E-state index in [0.29, 0.717) is 0 Å². The number of allylic oxidation sites excluding steroid dienone is 2. The SMILES string of the molecule is O=C1NC(=O)C2(F)C=CC=CC12.[H-].[K+]. The predicted octanol–water partition coefficient (Wildman–Crippen LogP) is -2.79. The Kier molecular flexibility index (Phi) is 3.24. The van der Waals surface area contributed by atoms with E-state index in [9.17, 15) is 14.0 Å². The Bertz CT molecular complexity index is 331.